The molecule has 3 amide bonds. The van der Waals surface area contributed by atoms with E-state index in [0.29, 0.717) is 12.1 Å². The van der Waals surface area contributed by atoms with Crippen LogP contribution >= 0.6 is 0 Å². The van der Waals surface area contributed by atoms with E-state index in [-0.39, 0.29) is 30.9 Å². The van der Waals surface area contributed by atoms with Crippen molar-refractivity contribution in [2.75, 3.05) is 18.4 Å². The number of aryl methyl sites for hydroxylation is 1. The molecule has 0 spiro atoms. The molecule has 3 N–H and O–H groups in total. The molecule has 0 aliphatic heterocycles. The van der Waals surface area contributed by atoms with Crippen LogP contribution in [0.25, 0.3) is 0 Å². The Morgan fingerprint density at radius 1 is 0.857 bits per heavy atom. The van der Waals surface area contributed by atoms with Crippen molar-refractivity contribution < 1.29 is 53.5 Å². The standard InChI is InChI=1S/C18H15F10N5O2/c1-33-8-11(12(32-33)16(20,21)22)13(34)29-6-7-30-14(35)31-10-4-2-9(3-5-10)15(19,17(23,24)25)18(26,27)28/h2-5,8H,6-7H2,1H3,(H,29,34)(H2,30,31,35). The van der Waals surface area contributed by atoms with Crippen LogP contribution in [0.2, 0.25) is 0 Å². The Morgan fingerprint density at radius 3 is 1.86 bits per heavy atom. The van der Waals surface area contributed by atoms with Gasteiger partial charge in [-0.05, 0) is 12.1 Å². The summed E-state index contributed by atoms with van der Waals surface area (Å²) in [4.78, 5) is 23.7. The maximum atomic E-state index is 14.0. The molecule has 0 atom stereocenters. The summed E-state index contributed by atoms with van der Waals surface area (Å²) in [5.41, 5.74) is -9.85. The number of nitrogens with one attached hydrogen (secondary N) is 3. The van der Waals surface area contributed by atoms with Gasteiger partial charge in [-0.3, -0.25) is 9.48 Å². The molecule has 0 aliphatic rings. The number of urea groups is 1. The third kappa shape index (κ3) is 6.13. The van der Waals surface area contributed by atoms with Crippen molar-refractivity contribution >= 4 is 17.6 Å². The summed E-state index contributed by atoms with van der Waals surface area (Å²) >= 11 is 0. The highest BCUT2D eigenvalue weighted by Crippen LogP contribution is 2.53. The van der Waals surface area contributed by atoms with Crippen LogP contribution in [0.5, 0.6) is 0 Å². The maximum Gasteiger partial charge on any atom is 0.435 e. The van der Waals surface area contributed by atoms with Crippen LogP contribution in [-0.2, 0) is 18.9 Å². The molecule has 1 heterocycles. The number of amides is 3. The molecule has 17 heteroatoms. The predicted octanol–water partition coefficient (Wildman–Crippen LogP) is 4.28. The molecule has 0 fully saturated rings. The van der Waals surface area contributed by atoms with E-state index in [4.69, 9.17) is 0 Å². The number of benzene rings is 1. The van der Waals surface area contributed by atoms with E-state index in [1.807, 2.05) is 5.32 Å². The van der Waals surface area contributed by atoms with Crippen molar-refractivity contribution in [3.8, 4) is 0 Å². The first-order valence-electron chi connectivity index (χ1n) is 9.24. The van der Waals surface area contributed by atoms with Crippen LogP contribution in [0.1, 0.15) is 21.6 Å². The zero-order chi connectivity index (χ0) is 26.8. The van der Waals surface area contributed by atoms with E-state index in [1.54, 1.807) is 0 Å². The van der Waals surface area contributed by atoms with Crippen molar-refractivity contribution in [3.05, 3.63) is 47.3 Å². The largest absolute Gasteiger partial charge is 0.435 e. The lowest BCUT2D eigenvalue weighted by atomic mass is 9.94. The van der Waals surface area contributed by atoms with E-state index in [2.05, 4.69) is 15.7 Å². The molecule has 1 aromatic heterocycles. The zero-order valence-electron chi connectivity index (χ0n) is 17.3. The van der Waals surface area contributed by atoms with Crippen molar-refractivity contribution in [3.63, 3.8) is 0 Å². The van der Waals surface area contributed by atoms with E-state index in [9.17, 15) is 53.5 Å². The number of anilines is 1. The van der Waals surface area contributed by atoms with Gasteiger partial charge < -0.3 is 16.0 Å². The summed E-state index contributed by atoms with van der Waals surface area (Å²) < 4.78 is 130. The van der Waals surface area contributed by atoms with Gasteiger partial charge in [0.2, 0.25) is 0 Å². The molecule has 0 bridgehead atoms. The van der Waals surface area contributed by atoms with Crippen molar-refractivity contribution in [1.29, 1.82) is 0 Å². The number of nitrogens with zero attached hydrogens (tertiary/aromatic N) is 2. The minimum atomic E-state index is -6.29. The number of rotatable bonds is 6. The fourth-order valence-electron chi connectivity index (χ4n) is 2.76. The molecular formula is C18H15F10N5O2. The quantitative estimate of drug-likeness (QED) is 0.390. The normalized spacial score (nSPS) is 12.9. The molecule has 0 aliphatic carbocycles. The van der Waals surface area contributed by atoms with Crippen molar-refractivity contribution in [2.45, 2.75) is 24.2 Å². The van der Waals surface area contributed by atoms with E-state index in [1.165, 1.54) is 7.05 Å². The smallest absolute Gasteiger partial charge is 0.350 e. The molecule has 0 saturated carbocycles. The van der Waals surface area contributed by atoms with E-state index >= 15 is 0 Å². The monoisotopic (exact) mass is 523 g/mol. The third-order valence-corrected chi connectivity index (χ3v) is 4.36. The molecule has 0 unspecified atom stereocenters. The number of carbonyl (C=O) groups excluding carboxylic acids is 2. The van der Waals surface area contributed by atoms with Gasteiger partial charge >= 0.3 is 30.2 Å². The second kappa shape index (κ2) is 9.61. The SMILES string of the molecule is Cn1cc(C(=O)NCCNC(=O)Nc2ccc(C(F)(C(F)(F)F)C(F)(F)F)cc2)c(C(F)(F)F)n1. The minimum absolute atomic E-state index is 0.197. The number of halogens is 10. The van der Waals surface area contributed by atoms with Crippen LogP contribution in [0.4, 0.5) is 54.4 Å². The fraction of sp³-hybridized carbons (Fsp3) is 0.389. The average molecular weight is 523 g/mol. The number of hydrogen-bond donors (Lipinski definition) is 3. The highest BCUT2D eigenvalue weighted by atomic mass is 19.4. The lowest BCUT2D eigenvalue weighted by Crippen LogP contribution is -2.50. The second-order valence-electron chi connectivity index (χ2n) is 6.93. The molecule has 2 rings (SSSR count). The maximum absolute atomic E-state index is 14.0. The number of hydrogen-bond acceptors (Lipinski definition) is 3. The Balaban J connectivity index is 1.92. The number of aromatic nitrogens is 2. The Bertz CT molecular complexity index is 1040. The lowest BCUT2D eigenvalue weighted by molar-refractivity contribution is -0.348. The van der Waals surface area contributed by atoms with Crippen LogP contribution < -0.4 is 16.0 Å². The Labute approximate surface area is 189 Å². The molecule has 2 aromatic rings. The van der Waals surface area contributed by atoms with Gasteiger partial charge in [-0.2, -0.15) is 44.6 Å². The van der Waals surface area contributed by atoms with E-state index in [0.717, 1.165) is 10.9 Å². The first kappa shape index (κ1) is 27.7. The summed E-state index contributed by atoms with van der Waals surface area (Å²) in [6, 6.07) is 0.571. The third-order valence-electron chi connectivity index (χ3n) is 4.36. The summed E-state index contributed by atoms with van der Waals surface area (Å²) in [6.07, 6.45) is -16.6. The van der Waals surface area contributed by atoms with Gasteiger partial charge in [0.1, 0.15) is 0 Å². The molecule has 0 saturated heterocycles. The summed E-state index contributed by atoms with van der Waals surface area (Å²) in [5.74, 6) is -1.13. The van der Waals surface area contributed by atoms with Crippen molar-refractivity contribution in [2.24, 2.45) is 7.05 Å². The van der Waals surface area contributed by atoms with Crippen molar-refractivity contribution in [1.82, 2.24) is 20.4 Å². The van der Waals surface area contributed by atoms with Gasteiger partial charge in [0.05, 0.1) is 5.56 Å². The highest BCUT2D eigenvalue weighted by molar-refractivity contribution is 5.95. The summed E-state index contributed by atoms with van der Waals surface area (Å²) in [6.45, 7) is -0.675. The van der Waals surface area contributed by atoms with Gasteiger partial charge in [0.15, 0.2) is 5.69 Å². The second-order valence-corrected chi connectivity index (χ2v) is 6.93. The topological polar surface area (TPSA) is 88.0 Å². The predicted molar refractivity (Wildman–Crippen MR) is 98.9 cm³/mol. The lowest BCUT2D eigenvalue weighted by Gasteiger charge is -2.30. The zero-order valence-corrected chi connectivity index (χ0v) is 17.3. The molecule has 1 aromatic carbocycles. The number of alkyl halides is 10. The first-order chi connectivity index (χ1) is 15.9. The number of carbonyl (C=O) groups is 2. The van der Waals surface area contributed by atoms with Crippen LogP contribution in [-0.4, -0.2) is 47.2 Å². The Morgan fingerprint density at radius 2 is 1.37 bits per heavy atom. The minimum Gasteiger partial charge on any atom is -0.350 e. The first-order valence-corrected chi connectivity index (χ1v) is 9.24. The van der Waals surface area contributed by atoms with E-state index < -0.39 is 53.0 Å². The van der Waals surface area contributed by atoms with Gasteiger partial charge in [0.25, 0.3) is 5.91 Å². The van der Waals surface area contributed by atoms with Gasteiger partial charge in [-0.25, -0.2) is 9.18 Å². The average Bonchev–Trinajstić information content (AvgIpc) is 3.12. The summed E-state index contributed by atoms with van der Waals surface area (Å²) in [7, 11) is 1.17. The molecule has 0 radical (unpaired) electrons. The van der Waals surface area contributed by atoms with Gasteiger partial charge in [-0.15, -0.1) is 0 Å². The Hall–Kier alpha value is -3.53. The van der Waals surface area contributed by atoms with Gasteiger partial charge in [-0.1, -0.05) is 12.1 Å². The van der Waals surface area contributed by atoms with Crippen LogP contribution in [0.15, 0.2) is 30.5 Å². The fourth-order valence-corrected chi connectivity index (χ4v) is 2.76. The molecule has 7 nitrogen and oxygen atoms in total. The molecule has 194 valence electrons. The van der Waals surface area contributed by atoms with Crippen LogP contribution in [0.3, 0.4) is 0 Å². The Kier molecular flexibility index (Phi) is 7.61. The summed E-state index contributed by atoms with van der Waals surface area (Å²) in [5, 5.41) is 9.44. The highest BCUT2D eigenvalue weighted by Gasteiger charge is 2.73. The molecular weight excluding hydrogens is 508 g/mol. The van der Waals surface area contributed by atoms with Gasteiger partial charge in [0, 0.05) is 37.6 Å². The molecule has 35 heavy (non-hydrogen) atoms. The van der Waals surface area contributed by atoms with Crippen LogP contribution in [0, 0.1) is 0 Å².